The molecule has 0 amide bonds. The lowest BCUT2D eigenvalue weighted by atomic mass is 10.0. The Hall–Kier alpha value is -2.52. The molecule has 0 aliphatic carbocycles. The Kier molecular flexibility index (Phi) is 4.92. The van der Waals surface area contributed by atoms with E-state index in [1.165, 1.54) is 19.2 Å². The number of benzene rings is 2. The number of nitrogens with zero attached hydrogens (tertiary/aromatic N) is 1. The summed E-state index contributed by atoms with van der Waals surface area (Å²) in [7, 11) is -2.35. The summed E-state index contributed by atoms with van der Waals surface area (Å²) in [5, 5.41) is 2.90. The van der Waals surface area contributed by atoms with Gasteiger partial charge in [-0.1, -0.05) is 12.1 Å². The van der Waals surface area contributed by atoms with Crippen molar-refractivity contribution >= 4 is 21.7 Å². The molecule has 0 aromatic heterocycles. The van der Waals surface area contributed by atoms with Gasteiger partial charge in [0.05, 0.1) is 18.3 Å². The zero-order valence-electron chi connectivity index (χ0n) is 14.1. The minimum Gasteiger partial charge on any atom is -0.380 e. The van der Waals surface area contributed by atoms with Crippen LogP contribution in [0.25, 0.3) is 11.1 Å². The van der Waals surface area contributed by atoms with Crippen LogP contribution in [0.2, 0.25) is 0 Å². The lowest BCUT2D eigenvalue weighted by molar-refractivity contribution is 0.125. The molecule has 0 saturated heterocycles. The highest BCUT2D eigenvalue weighted by Crippen LogP contribution is 2.36. The number of hydrogen-bond acceptors (Lipinski definition) is 4. The van der Waals surface area contributed by atoms with E-state index in [-0.39, 0.29) is 34.8 Å². The van der Waals surface area contributed by atoms with Gasteiger partial charge in [-0.2, -0.15) is 0 Å². The van der Waals surface area contributed by atoms with Crippen LogP contribution < -0.4 is 10.0 Å². The van der Waals surface area contributed by atoms with Gasteiger partial charge < -0.3 is 10.1 Å². The van der Waals surface area contributed by atoms with Crippen LogP contribution in [-0.4, -0.2) is 34.1 Å². The monoisotopic (exact) mass is 381 g/mol. The molecule has 2 N–H and O–H groups in total. The van der Waals surface area contributed by atoms with Crippen LogP contribution in [0.15, 0.2) is 46.3 Å². The normalized spacial score (nSPS) is 17.9. The molecule has 1 atom stereocenters. The topological polar surface area (TPSA) is 79.8 Å². The minimum absolute atomic E-state index is 0.0192. The highest BCUT2D eigenvalue weighted by Gasteiger charge is 2.29. The molecule has 0 saturated carbocycles. The quantitative estimate of drug-likeness (QED) is 0.854. The highest BCUT2D eigenvalue weighted by molar-refractivity contribution is 7.90. The molecular weight excluding hydrogens is 364 g/mol. The number of ether oxygens (including phenoxy) is 1. The molecule has 0 radical (unpaired) electrons. The van der Waals surface area contributed by atoms with E-state index in [1.807, 2.05) is 0 Å². The number of sulfonamides is 1. The van der Waals surface area contributed by atoms with Crippen LogP contribution in [0.3, 0.4) is 0 Å². The maximum absolute atomic E-state index is 13.6. The van der Waals surface area contributed by atoms with Crippen molar-refractivity contribution in [2.75, 3.05) is 19.0 Å². The molecule has 26 heavy (non-hydrogen) atoms. The number of anilines is 1. The molecule has 2 aromatic rings. The highest BCUT2D eigenvalue weighted by atomic mass is 32.2. The Labute approximate surface area is 150 Å². The van der Waals surface area contributed by atoms with E-state index in [2.05, 4.69) is 15.0 Å². The van der Waals surface area contributed by atoms with Gasteiger partial charge >= 0.3 is 0 Å². The molecule has 6 nitrogen and oxygen atoms in total. The van der Waals surface area contributed by atoms with Crippen molar-refractivity contribution in [1.82, 2.24) is 4.72 Å². The first-order valence-corrected chi connectivity index (χ1v) is 9.25. The van der Waals surface area contributed by atoms with Crippen molar-refractivity contribution in [3.8, 4) is 11.1 Å². The van der Waals surface area contributed by atoms with Crippen molar-refractivity contribution in [3.63, 3.8) is 0 Å². The van der Waals surface area contributed by atoms with E-state index in [9.17, 15) is 17.2 Å². The number of aliphatic imine (C=N–C) groups is 1. The fourth-order valence-corrected chi connectivity index (χ4v) is 3.69. The SMILES string of the molecule is CO[C@@H](C)CN=C1Nc2c(-c3cc(F)cc(F)c3)cccc2S(=O)(=O)N1. The Morgan fingerprint density at radius 2 is 1.88 bits per heavy atom. The maximum atomic E-state index is 13.6. The van der Waals surface area contributed by atoms with Gasteiger partial charge in [-0.25, -0.2) is 26.9 Å². The molecule has 3 rings (SSSR count). The van der Waals surface area contributed by atoms with Gasteiger partial charge in [-0.05, 0) is 30.7 Å². The van der Waals surface area contributed by atoms with E-state index >= 15 is 0 Å². The summed E-state index contributed by atoms with van der Waals surface area (Å²) < 4.78 is 59.6. The summed E-state index contributed by atoms with van der Waals surface area (Å²) >= 11 is 0. The predicted octanol–water partition coefficient (Wildman–Crippen LogP) is 2.73. The number of nitrogens with one attached hydrogen (secondary N) is 2. The second-order valence-electron chi connectivity index (χ2n) is 5.80. The smallest absolute Gasteiger partial charge is 0.266 e. The van der Waals surface area contributed by atoms with Gasteiger partial charge in [0.25, 0.3) is 10.0 Å². The van der Waals surface area contributed by atoms with Crippen molar-refractivity contribution < 1.29 is 21.9 Å². The lowest BCUT2D eigenvalue weighted by Crippen LogP contribution is -2.41. The predicted molar refractivity (Wildman–Crippen MR) is 94.5 cm³/mol. The molecule has 1 aliphatic heterocycles. The van der Waals surface area contributed by atoms with E-state index in [0.29, 0.717) is 5.56 Å². The molecule has 0 fully saturated rings. The molecule has 2 aromatic carbocycles. The van der Waals surface area contributed by atoms with Crippen LogP contribution in [0.1, 0.15) is 6.92 Å². The molecule has 1 aliphatic rings. The van der Waals surface area contributed by atoms with Gasteiger partial charge in [0.1, 0.15) is 16.5 Å². The van der Waals surface area contributed by atoms with Crippen LogP contribution >= 0.6 is 0 Å². The first-order chi connectivity index (χ1) is 12.3. The summed E-state index contributed by atoms with van der Waals surface area (Å²) in [5.74, 6) is -1.49. The summed E-state index contributed by atoms with van der Waals surface area (Å²) in [6.45, 7) is 2.02. The average molecular weight is 381 g/mol. The Morgan fingerprint density at radius 1 is 1.19 bits per heavy atom. The third kappa shape index (κ3) is 3.68. The average Bonchev–Trinajstić information content (AvgIpc) is 2.57. The molecule has 0 spiro atoms. The number of fused-ring (bicyclic) bond motifs is 1. The summed E-state index contributed by atoms with van der Waals surface area (Å²) in [5.41, 5.74) is 0.770. The number of methoxy groups -OCH3 is 1. The number of halogens is 2. The Balaban J connectivity index is 2.10. The first-order valence-electron chi connectivity index (χ1n) is 7.76. The lowest BCUT2D eigenvalue weighted by Gasteiger charge is -2.24. The van der Waals surface area contributed by atoms with E-state index in [1.54, 1.807) is 13.0 Å². The van der Waals surface area contributed by atoms with Crippen molar-refractivity contribution in [3.05, 3.63) is 48.0 Å². The molecular formula is C17H17F2N3O3S. The van der Waals surface area contributed by atoms with E-state index in [4.69, 9.17) is 4.74 Å². The number of para-hydroxylation sites is 1. The molecule has 0 bridgehead atoms. The number of guanidine groups is 1. The van der Waals surface area contributed by atoms with Crippen molar-refractivity contribution in [2.45, 2.75) is 17.9 Å². The fraction of sp³-hybridized carbons (Fsp3) is 0.235. The van der Waals surface area contributed by atoms with Crippen molar-refractivity contribution in [1.29, 1.82) is 0 Å². The second kappa shape index (κ2) is 7.00. The Morgan fingerprint density at radius 3 is 2.54 bits per heavy atom. The van der Waals surface area contributed by atoms with Crippen LogP contribution in [-0.2, 0) is 14.8 Å². The molecule has 1 heterocycles. The van der Waals surface area contributed by atoms with Crippen LogP contribution in [0.4, 0.5) is 14.5 Å². The van der Waals surface area contributed by atoms with Gasteiger partial charge in [-0.15, -0.1) is 0 Å². The zero-order chi connectivity index (χ0) is 18.9. The van der Waals surface area contributed by atoms with E-state index in [0.717, 1.165) is 18.2 Å². The second-order valence-corrected chi connectivity index (χ2v) is 7.45. The van der Waals surface area contributed by atoms with Gasteiger partial charge in [-0.3, -0.25) is 0 Å². The summed E-state index contributed by atoms with van der Waals surface area (Å²) in [6.07, 6.45) is -0.206. The standard InChI is InChI=1S/C17H17F2N3O3S/c1-10(25-2)9-20-17-21-16-14(11-6-12(18)8-13(19)7-11)4-3-5-15(16)26(23,24)22-17/h3-8,10H,9H2,1-2H3,(H2,20,21,22)/t10-/m0/s1. The summed E-state index contributed by atoms with van der Waals surface area (Å²) in [6, 6.07) is 7.52. The molecule has 9 heteroatoms. The van der Waals surface area contributed by atoms with Gasteiger partial charge in [0, 0.05) is 18.7 Å². The van der Waals surface area contributed by atoms with E-state index < -0.39 is 21.7 Å². The van der Waals surface area contributed by atoms with Crippen molar-refractivity contribution in [2.24, 2.45) is 4.99 Å². The number of rotatable bonds is 4. The fourth-order valence-electron chi connectivity index (χ4n) is 2.53. The number of hydrogen-bond donors (Lipinski definition) is 2. The third-order valence-electron chi connectivity index (χ3n) is 3.87. The Bertz CT molecular complexity index is 957. The van der Waals surface area contributed by atoms with Gasteiger partial charge in [0.15, 0.2) is 0 Å². The zero-order valence-corrected chi connectivity index (χ0v) is 14.9. The minimum atomic E-state index is -3.87. The third-order valence-corrected chi connectivity index (χ3v) is 5.25. The maximum Gasteiger partial charge on any atom is 0.266 e. The van der Waals surface area contributed by atoms with Gasteiger partial charge in [0.2, 0.25) is 5.96 Å². The molecule has 138 valence electrons. The first kappa shape index (κ1) is 18.3. The largest absolute Gasteiger partial charge is 0.380 e. The van der Waals surface area contributed by atoms with Crippen LogP contribution in [0, 0.1) is 11.6 Å². The summed E-state index contributed by atoms with van der Waals surface area (Å²) in [4.78, 5) is 4.13. The van der Waals surface area contributed by atoms with Crippen LogP contribution in [0.5, 0.6) is 0 Å². The molecule has 0 unspecified atom stereocenters.